The molecule has 58 valence electrons. The fourth-order valence-electron chi connectivity index (χ4n) is 2.04. The van der Waals surface area contributed by atoms with Gasteiger partial charge in [-0.15, -0.1) is 5.10 Å². The van der Waals surface area contributed by atoms with Crippen LogP contribution in [0.5, 0.6) is 0 Å². The largest absolute Gasteiger partial charge is 0.306 e. The van der Waals surface area contributed by atoms with Crippen molar-refractivity contribution < 1.29 is 0 Å². The average molecular weight is 167 g/mol. The zero-order valence-electron chi connectivity index (χ0n) is 6.08. The maximum atomic E-state index is 4.13. The molecule has 0 spiro atoms. The van der Waals surface area contributed by atoms with Gasteiger partial charge in [0.1, 0.15) is 0 Å². The summed E-state index contributed by atoms with van der Waals surface area (Å²) >= 11 is 1.56. The summed E-state index contributed by atoms with van der Waals surface area (Å²) in [6.07, 6.45) is 3.69. The van der Waals surface area contributed by atoms with E-state index in [0.29, 0.717) is 12.1 Å². The molecule has 0 aliphatic carbocycles. The van der Waals surface area contributed by atoms with E-state index < -0.39 is 0 Å². The second kappa shape index (κ2) is 2.01. The summed E-state index contributed by atoms with van der Waals surface area (Å²) in [4.78, 5) is 1.39. The summed E-state index contributed by atoms with van der Waals surface area (Å²) in [5, 5.41) is 7.69. The van der Waals surface area contributed by atoms with Gasteiger partial charge in [0.15, 0.2) is 0 Å². The quantitative estimate of drug-likeness (QED) is 0.623. The summed E-state index contributed by atoms with van der Waals surface area (Å²) in [7, 11) is 0. The maximum Gasteiger partial charge on any atom is 0.0819 e. The lowest BCUT2D eigenvalue weighted by atomic mass is 10.1. The number of hydrogen-bond donors (Lipinski definition) is 1. The molecule has 2 aliphatic rings. The van der Waals surface area contributed by atoms with Crippen LogP contribution in [-0.2, 0) is 6.42 Å². The first kappa shape index (κ1) is 6.08. The van der Waals surface area contributed by atoms with Gasteiger partial charge in [-0.05, 0) is 24.4 Å². The number of nitrogens with one attached hydrogen (secondary N) is 1. The van der Waals surface area contributed by atoms with Gasteiger partial charge >= 0.3 is 0 Å². The van der Waals surface area contributed by atoms with E-state index in [1.807, 2.05) is 0 Å². The lowest BCUT2D eigenvalue weighted by molar-refractivity contribution is 0.514. The minimum absolute atomic E-state index is 0.587. The Morgan fingerprint density at radius 1 is 1.45 bits per heavy atom. The van der Waals surface area contributed by atoms with E-state index >= 15 is 0 Å². The molecule has 0 saturated carbocycles. The summed E-state index contributed by atoms with van der Waals surface area (Å²) < 4.78 is 3.97. The number of hydrogen-bond acceptors (Lipinski definition) is 4. The lowest BCUT2D eigenvalue weighted by Gasteiger charge is -2.18. The van der Waals surface area contributed by atoms with Crippen LogP contribution in [0.4, 0.5) is 0 Å². The fourth-order valence-corrected chi connectivity index (χ4v) is 2.81. The van der Waals surface area contributed by atoms with Crippen molar-refractivity contribution in [3.05, 3.63) is 10.6 Å². The van der Waals surface area contributed by atoms with Crippen molar-refractivity contribution in [2.24, 2.45) is 0 Å². The van der Waals surface area contributed by atoms with E-state index in [1.54, 1.807) is 11.5 Å². The Labute approximate surface area is 69.0 Å². The molecule has 3 nitrogen and oxygen atoms in total. The molecule has 2 atom stereocenters. The van der Waals surface area contributed by atoms with Gasteiger partial charge in [-0.25, -0.2) is 0 Å². The molecule has 2 bridgehead atoms. The Morgan fingerprint density at radius 3 is 3.45 bits per heavy atom. The predicted octanol–water partition coefficient (Wildman–Crippen LogP) is 0.887. The van der Waals surface area contributed by atoms with Crippen molar-refractivity contribution >= 4 is 11.5 Å². The van der Waals surface area contributed by atoms with E-state index in [2.05, 4.69) is 14.9 Å². The zero-order valence-corrected chi connectivity index (χ0v) is 6.90. The third-order valence-corrected chi connectivity index (χ3v) is 3.46. The van der Waals surface area contributed by atoms with Gasteiger partial charge in [0.05, 0.1) is 10.6 Å². The minimum Gasteiger partial charge on any atom is -0.306 e. The standard InChI is InChI=1S/C7H9N3S/c1-2-5-7-6(9-10-11-7)3-4(1)8-5/h4-5,8H,1-3H2/t4-,5-/m1/s1. The Kier molecular flexibility index (Phi) is 1.11. The summed E-state index contributed by atoms with van der Waals surface area (Å²) in [5.41, 5.74) is 1.25. The van der Waals surface area contributed by atoms with Crippen LogP contribution in [0, 0.1) is 0 Å². The molecule has 1 saturated heterocycles. The molecule has 0 radical (unpaired) electrons. The molecule has 1 aromatic heterocycles. The van der Waals surface area contributed by atoms with Crippen molar-refractivity contribution in [1.29, 1.82) is 0 Å². The molecule has 2 aliphatic heterocycles. The third-order valence-electron chi connectivity index (χ3n) is 2.58. The van der Waals surface area contributed by atoms with Crippen LogP contribution in [0.3, 0.4) is 0 Å². The molecule has 0 unspecified atom stereocenters. The van der Waals surface area contributed by atoms with Crippen LogP contribution in [0.15, 0.2) is 0 Å². The summed E-state index contributed by atoms with van der Waals surface area (Å²) in [6, 6.07) is 1.28. The van der Waals surface area contributed by atoms with Gasteiger partial charge in [0, 0.05) is 18.5 Å². The van der Waals surface area contributed by atoms with Crippen molar-refractivity contribution in [3.63, 3.8) is 0 Å². The Balaban J connectivity index is 2.12. The van der Waals surface area contributed by atoms with E-state index in [0.717, 1.165) is 6.42 Å². The van der Waals surface area contributed by atoms with Crippen LogP contribution in [-0.4, -0.2) is 15.6 Å². The number of nitrogens with zero attached hydrogens (tertiary/aromatic N) is 2. The van der Waals surface area contributed by atoms with Crippen molar-refractivity contribution in [1.82, 2.24) is 14.9 Å². The molecule has 3 rings (SSSR count). The van der Waals surface area contributed by atoms with Gasteiger partial charge in [-0.3, -0.25) is 0 Å². The first-order chi connectivity index (χ1) is 5.43. The highest BCUT2D eigenvalue weighted by molar-refractivity contribution is 7.05. The van der Waals surface area contributed by atoms with E-state index in [4.69, 9.17) is 0 Å². The zero-order chi connectivity index (χ0) is 7.26. The second-order valence-electron chi connectivity index (χ2n) is 3.28. The van der Waals surface area contributed by atoms with Crippen molar-refractivity contribution in [2.75, 3.05) is 0 Å². The van der Waals surface area contributed by atoms with E-state index in [1.165, 1.54) is 23.4 Å². The molecule has 0 amide bonds. The number of fused-ring (bicyclic) bond motifs is 4. The van der Waals surface area contributed by atoms with Crippen LogP contribution < -0.4 is 5.32 Å². The van der Waals surface area contributed by atoms with E-state index in [9.17, 15) is 0 Å². The van der Waals surface area contributed by atoms with Crippen molar-refractivity contribution in [2.45, 2.75) is 31.3 Å². The SMILES string of the molecule is C1C[C@H]2N[C@H]1Cc1nnsc12. The minimum atomic E-state index is 0.587. The number of rotatable bonds is 0. The highest BCUT2D eigenvalue weighted by Crippen LogP contribution is 2.36. The molecule has 3 heterocycles. The van der Waals surface area contributed by atoms with Crippen molar-refractivity contribution in [3.8, 4) is 0 Å². The van der Waals surface area contributed by atoms with Crippen LogP contribution in [0.25, 0.3) is 0 Å². The highest BCUT2D eigenvalue weighted by Gasteiger charge is 2.34. The van der Waals surface area contributed by atoms with Crippen LogP contribution in [0.1, 0.15) is 29.5 Å². The Morgan fingerprint density at radius 2 is 2.45 bits per heavy atom. The Bertz CT molecular complexity index is 283. The molecule has 0 aromatic carbocycles. The van der Waals surface area contributed by atoms with Gasteiger partial charge in [0.25, 0.3) is 0 Å². The monoisotopic (exact) mass is 167 g/mol. The smallest absolute Gasteiger partial charge is 0.0819 e. The molecule has 1 aromatic rings. The summed E-state index contributed by atoms with van der Waals surface area (Å²) in [5.74, 6) is 0. The fraction of sp³-hybridized carbons (Fsp3) is 0.714. The van der Waals surface area contributed by atoms with Gasteiger partial charge in [0.2, 0.25) is 0 Å². The predicted molar refractivity (Wildman–Crippen MR) is 42.5 cm³/mol. The third kappa shape index (κ3) is 0.765. The van der Waals surface area contributed by atoms with Gasteiger partial charge in [-0.2, -0.15) is 0 Å². The maximum absolute atomic E-state index is 4.13. The van der Waals surface area contributed by atoms with Crippen LogP contribution in [0.2, 0.25) is 0 Å². The molecular formula is C7H9N3S. The molecule has 4 heteroatoms. The first-order valence-corrected chi connectivity index (χ1v) is 4.78. The average Bonchev–Trinajstić information content (AvgIpc) is 2.58. The second-order valence-corrected chi connectivity index (χ2v) is 4.07. The first-order valence-electron chi connectivity index (χ1n) is 4.00. The van der Waals surface area contributed by atoms with E-state index in [-0.39, 0.29) is 0 Å². The van der Waals surface area contributed by atoms with Crippen LogP contribution >= 0.6 is 11.5 Å². The molecule has 11 heavy (non-hydrogen) atoms. The highest BCUT2D eigenvalue weighted by atomic mass is 32.1. The number of aromatic nitrogens is 2. The summed E-state index contributed by atoms with van der Waals surface area (Å²) in [6.45, 7) is 0. The Hall–Kier alpha value is -0.480. The molecular weight excluding hydrogens is 158 g/mol. The topological polar surface area (TPSA) is 37.8 Å². The lowest BCUT2D eigenvalue weighted by Crippen LogP contribution is -2.30. The molecule has 1 N–H and O–H groups in total. The molecule has 1 fully saturated rings. The van der Waals surface area contributed by atoms with Gasteiger partial charge in [-0.1, -0.05) is 4.49 Å². The van der Waals surface area contributed by atoms with Gasteiger partial charge < -0.3 is 5.32 Å². The normalized spacial score (nSPS) is 33.8.